The number of aliphatic imine (C=N–C) groups is 1. The van der Waals surface area contributed by atoms with E-state index in [1.807, 2.05) is 12.3 Å². The van der Waals surface area contributed by atoms with Gasteiger partial charge in [-0.05, 0) is 57.2 Å². The largest absolute Gasteiger partial charge is 0.496 e. The van der Waals surface area contributed by atoms with Crippen molar-refractivity contribution in [2.24, 2.45) is 4.99 Å². The second-order valence-electron chi connectivity index (χ2n) is 6.38. The van der Waals surface area contributed by atoms with E-state index < -0.39 is 0 Å². The first-order chi connectivity index (χ1) is 12.6. The van der Waals surface area contributed by atoms with Gasteiger partial charge in [-0.2, -0.15) is 5.10 Å². The van der Waals surface area contributed by atoms with Gasteiger partial charge in [-0.3, -0.25) is 10.1 Å². The number of hydrogen-bond donors (Lipinski definition) is 3. The van der Waals surface area contributed by atoms with Crippen LogP contribution in [0.25, 0.3) is 0 Å². The summed E-state index contributed by atoms with van der Waals surface area (Å²) in [4.78, 5) is 4.67. The molecule has 0 spiro atoms. The summed E-state index contributed by atoms with van der Waals surface area (Å²) in [5, 5.41) is 13.7. The van der Waals surface area contributed by atoms with Crippen LogP contribution in [0.4, 0.5) is 0 Å². The highest BCUT2D eigenvalue weighted by molar-refractivity contribution is 5.79. The van der Waals surface area contributed by atoms with E-state index in [4.69, 9.17) is 4.74 Å². The lowest BCUT2D eigenvalue weighted by Gasteiger charge is -2.13. The Morgan fingerprint density at radius 2 is 2.04 bits per heavy atom. The number of hydrogen-bond acceptors (Lipinski definition) is 3. The molecule has 3 N–H and O–H groups in total. The number of aromatic amines is 1. The Morgan fingerprint density at radius 1 is 1.19 bits per heavy atom. The molecule has 0 saturated heterocycles. The highest BCUT2D eigenvalue weighted by atomic mass is 16.5. The number of nitrogens with one attached hydrogen (secondary N) is 3. The van der Waals surface area contributed by atoms with Crippen molar-refractivity contribution in [3.63, 3.8) is 0 Å². The summed E-state index contributed by atoms with van der Waals surface area (Å²) in [7, 11) is 1.72. The molecular formula is C20H31N5O. The lowest BCUT2D eigenvalue weighted by molar-refractivity contribution is 0.409. The van der Waals surface area contributed by atoms with Crippen LogP contribution >= 0.6 is 0 Å². The normalized spacial score (nSPS) is 11.5. The number of aromatic nitrogens is 2. The Bertz CT molecular complexity index is 708. The number of guanidine groups is 1. The quantitative estimate of drug-likeness (QED) is 0.366. The van der Waals surface area contributed by atoms with E-state index >= 15 is 0 Å². The third kappa shape index (κ3) is 6.10. The van der Waals surface area contributed by atoms with Crippen LogP contribution in [0, 0.1) is 13.8 Å². The monoisotopic (exact) mass is 357 g/mol. The number of nitrogens with zero attached hydrogens (tertiary/aromatic N) is 2. The SMILES string of the molecule is CCNC(=NCCCc1cn[nH]c1C)NCCc1cc(C)ccc1OC. The molecule has 0 radical (unpaired) electrons. The molecule has 0 aliphatic carbocycles. The van der Waals surface area contributed by atoms with E-state index in [0.29, 0.717) is 0 Å². The first kappa shape index (κ1) is 19.8. The average molecular weight is 358 g/mol. The van der Waals surface area contributed by atoms with E-state index in [0.717, 1.165) is 56.3 Å². The molecule has 1 aromatic heterocycles. The van der Waals surface area contributed by atoms with E-state index in [-0.39, 0.29) is 0 Å². The zero-order chi connectivity index (χ0) is 18.8. The molecule has 6 heteroatoms. The fourth-order valence-corrected chi connectivity index (χ4v) is 2.85. The topological polar surface area (TPSA) is 74.3 Å². The fraction of sp³-hybridized carbons (Fsp3) is 0.500. The van der Waals surface area contributed by atoms with Gasteiger partial charge in [-0.15, -0.1) is 0 Å². The molecule has 6 nitrogen and oxygen atoms in total. The molecule has 0 amide bonds. The van der Waals surface area contributed by atoms with Gasteiger partial charge in [0.2, 0.25) is 0 Å². The molecular weight excluding hydrogens is 326 g/mol. The molecule has 0 saturated carbocycles. The average Bonchev–Trinajstić information content (AvgIpc) is 3.04. The van der Waals surface area contributed by atoms with Gasteiger partial charge in [-0.1, -0.05) is 17.7 Å². The van der Waals surface area contributed by atoms with Crippen molar-refractivity contribution in [3.05, 3.63) is 46.8 Å². The molecule has 0 bridgehead atoms. The summed E-state index contributed by atoms with van der Waals surface area (Å²) in [6, 6.07) is 6.28. The van der Waals surface area contributed by atoms with Crippen LogP contribution in [-0.2, 0) is 12.8 Å². The van der Waals surface area contributed by atoms with Gasteiger partial charge in [0.25, 0.3) is 0 Å². The van der Waals surface area contributed by atoms with E-state index in [2.05, 4.69) is 58.7 Å². The van der Waals surface area contributed by atoms with Crippen LogP contribution in [0.1, 0.15) is 35.7 Å². The third-order valence-electron chi connectivity index (χ3n) is 4.28. The predicted molar refractivity (Wildman–Crippen MR) is 107 cm³/mol. The minimum absolute atomic E-state index is 0.785. The molecule has 1 aromatic carbocycles. The van der Waals surface area contributed by atoms with E-state index in [1.165, 1.54) is 16.7 Å². The number of benzene rings is 1. The molecule has 26 heavy (non-hydrogen) atoms. The number of methoxy groups -OCH3 is 1. The Balaban J connectivity index is 1.81. The molecule has 2 aromatic rings. The Hall–Kier alpha value is -2.50. The molecule has 0 atom stereocenters. The lowest BCUT2D eigenvalue weighted by Crippen LogP contribution is -2.38. The van der Waals surface area contributed by atoms with E-state index in [1.54, 1.807) is 7.11 Å². The molecule has 0 unspecified atom stereocenters. The number of rotatable bonds is 9. The van der Waals surface area contributed by atoms with Crippen molar-refractivity contribution < 1.29 is 4.74 Å². The van der Waals surface area contributed by atoms with Gasteiger partial charge >= 0.3 is 0 Å². The maximum Gasteiger partial charge on any atom is 0.191 e. The number of ether oxygens (including phenoxy) is 1. The molecule has 142 valence electrons. The molecule has 0 fully saturated rings. The van der Waals surface area contributed by atoms with Crippen LogP contribution < -0.4 is 15.4 Å². The summed E-state index contributed by atoms with van der Waals surface area (Å²) in [5.74, 6) is 1.80. The number of H-pyrrole nitrogens is 1. The Morgan fingerprint density at radius 3 is 2.73 bits per heavy atom. The van der Waals surface area contributed by atoms with Gasteiger partial charge in [0.1, 0.15) is 5.75 Å². The van der Waals surface area contributed by atoms with Crippen LogP contribution in [0.2, 0.25) is 0 Å². The summed E-state index contributed by atoms with van der Waals surface area (Å²) in [6.45, 7) is 8.68. The highest BCUT2D eigenvalue weighted by Gasteiger charge is 2.04. The zero-order valence-corrected chi connectivity index (χ0v) is 16.4. The van der Waals surface area contributed by atoms with Crippen LogP contribution in [0.15, 0.2) is 29.4 Å². The third-order valence-corrected chi connectivity index (χ3v) is 4.28. The minimum Gasteiger partial charge on any atom is -0.496 e. The maximum absolute atomic E-state index is 5.45. The maximum atomic E-state index is 5.45. The van der Waals surface area contributed by atoms with Crippen molar-refractivity contribution in [1.29, 1.82) is 0 Å². The van der Waals surface area contributed by atoms with Crippen LogP contribution in [0.3, 0.4) is 0 Å². The van der Waals surface area contributed by atoms with Gasteiger partial charge in [0, 0.05) is 25.3 Å². The van der Waals surface area contributed by atoms with Crippen LogP contribution in [0.5, 0.6) is 5.75 Å². The number of aryl methyl sites for hydroxylation is 3. The van der Waals surface area contributed by atoms with Gasteiger partial charge in [-0.25, -0.2) is 0 Å². The Labute approximate surface area is 156 Å². The van der Waals surface area contributed by atoms with Crippen LogP contribution in [-0.4, -0.2) is 42.9 Å². The summed E-state index contributed by atoms with van der Waals surface area (Å²) >= 11 is 0. The first-order valence-electron chi connectivity index (χ1n) is 9.28. The zero-order valence-electron chi connectivity index (χ0n) is 16.4. The summed E-state index contributed by atoms with van der Waals surface area (Å²) in [5.41, 5.74) is 4.87. The molecule has 2 rings (SSSR count). The van der Waals surface area contributed by atoms with Gasteiger partial charge < -0.3 is 15.4 Å². The fourth-order valence-electron chi connectivity index (χ4n) is 2.85. The summed E-state index contributed by atoms with van der Waals surface area (Å²) in [6.07, 6.45) is 4.79. The standard InChI is InChI=1S/C20H31N5O/c1-5-21-20(22-11-6-7-18-14-24-25-16(18)3)23-12-10-17-13-15(2)8-9-19(17)26-4/h8-9,13-14H,5-7,10-12H2,1-4H3,(H,24,25)(H2,21,22,23). The first-order valence-corrected chi connectivity index (χ1v) is 9.28. The predicted octanol–water partition coefficient (Wildman–Crippen LogP) is 2.77. The molecule has 1 heterocycles. The van der Waals surface area contributed by atoms with Crippen molar-refractivity contribution in [3.8, 4) is 5.75 Å². The Kier molecular flexibility index (Phi) is 7.99. The van der Waals surface area contributed by atoms with Gasteiger partial charge in [0.05, 0.1) is 13.3 Å². The van der Waals surface area contributed by atoms with Gasteiger partial charge in [0.15, 0.2) is 5.96 Å². The second-order valence-corrected chi connectivity index (χ2v) is 6.38. The van der Waals surface area contributed by atoms with Crippen molar-refractivity contribution in [1.82, 2.24) is 20.8 Å². The lowest BCUT2D eigenvalue weighted by atomic mass is 10.1. The highest BCUT2D eigenvalue weighted by Crippen LogP contribution is 2.19. The summed E-state index contributed by atoms with van der Waals surface area (Å²) < 4.78 is 5.45. The second kappa shape index (κ2) is 10.5. The molecule has 0 aliphatic heterocycles. The van der Waals surface area contributed by atoms with Crippen molar-refractivity contribution in [2.75, 3.05) is 26.7 Å². The van der Waals surface area contributed by atoms with Crippen molar-refractivity contribution in [2.45, 2.75) is 40.0 Å². The minimum atomic E-state index is 0.785. The van der Waals surface area contributed by atoms with Crippen molar-refractivity contribution >= 4 is 5.96 Å². The van der Waals surface area contributed by atoms with E-state index in [9.17, 15) is 0 Å². The smallest absolute Gasteiger partial charge is 0.191 e. The molecule has 0 aliphatic rings.